The second kappa shape index (κ2) is 7.09. The summed E-state index contributed by atoms with van der Waals surface area (Å²) in [5.41, 5.74) is 1.68. The van der Waals surface area contributed by atoms with E-state index in [1.165, 1.54) is 12.1 Å². The highest BCUT2D eigenvalue weighted by atomic mass is 35.5. The van der Waals surface area contributed by atoms with Crippen LogP contribution in [0.25, 0.3) is 0 Å². The van der Waals surface area contributed by atoms with Crippen LogP contribution in [0.3, 0.4) is 0 Å². The van der Waals surface area contributed by atoms with Gasteiger partial charge in [0.1, 0.15) is 5.82 Å². The maximum absolute atomic E-state index is 12.8. The van der Waals surface area contributed by atoms with E-state index in [2.05, 4.69) is 10.6 Å². The molecule has 3 nitrogen and oxygen atoms in total. The van der Waals surface area contributed by atoms with Gasteiger partial charge in [0, 0.05) is 10.7 Å². The second-order valence-corrected chi connectivity index (χ2v) is 5.14. The molecular weight excluding hydrogens is 291 g/mol. The third-order valence-corrected chi connectivity index (χ3v) is 3.30. The molecule has 2 N–H and O–H groups in total. The first-order valence-corrected chi connectivity index (χ1v) is 6.96. The number of hydrogen-bond acceptors (Lipinski definition) is 2. The van der Waals surface area contributed by atoms with Crippen LogP contribution in [0, 0.1) is 5.82 Å². The third-order valence-electron chi connectivity index (χ3n) is 3.04. The molecule has 0 saturated carbocycles. The number of rotatable bonds is 5. The van der Waals surface area contributed by atoms with Gasteiger partial charge in [-0.15, -0.1) is 0 Å². The molecular formula is C16H16ClFN2O. The van der Waals surface area contributed by atoms with Gasteiger partial charge in [-0.2, -0.15) is 0 Å². The van der Waals surface area contributed by atoms with Gasteiger partial charge in [-0.05, 0) is 48.9 Å². The average Bonchev–Trinajstić information content (AvgIpc) is 2.47. The van der Waals surface area contributed by atoms with Crippen molar-refractivity contribution in [2.75, 3.05) is 11.9 Å². The summed E-state index contributed by atoms with van der Waals surface area (Å²) in [6, 6.07) is 13.0. The Hall–Kier alpha value is -2.07. The summed E-state index contributed by atoms with van der Waals surface area (Å²) in [5.74, 6) is -0.427. The molecule has 2 rings (SSSR count). The Morgan fingerprint density at radius 3 is 2.38 bits per heavy atom. The first-order chi connectivity index (χ1) is 10.0. The minimum Gasteiger partial charge on any atom is -0.376 e. The van der Waals surface area contributed by atoms with Crippen molar-refractivity contribution in [3.05, 3.63) is 64.9 Å². The Kier molecular flexibility index (Phi) is 5.17. The van der Waals surface area contributed by atoms with Crippen molar-refractivity contribution >= 4 is 23.2 Å². The van der Waals surface area contributed by atoms with Crippen molar-refractivity contribution in [1.29, 1.82) is 0 Å². The number of halogens is 2. The van der Waals surface area contributed by atoms with E-state index in [4.69, 9.17) is 11.6 Å². The van der Waals surface area contributed by atoms with Crippen LogP contribution >= 0.6 is 11.6 Å². The first-order valence-electron chi connectivity index (χ1n) is 6.59. The van der Waals surface area contributed by atoms with E-state index in [0.29, 0.717) is 5.02 Å². The van der Waals surface area contributed by atoms with Gasteiger partial charge in [-0.1, -0.05) is 23.7 Å². The molecule has 0 radical (unpaired) electrons. The van der Waals surface area contributed by atoms with Gasteiger partial charge in [0.2, 0.25) is 5.91 Å². The van der Waals surface area contributed by atoms with Crippen molar-refractivity contribution in [1.82, 2.24) is 5.32 Å². The molecule has 0 aliphatic rings. The molecule has 0 heterocycles. The molecule has 21 heavy (non-hydrogen) atoms. The van der Waals surface area contributed by atoms with Crippen molar-refractivity contribution < 1.29 is 9.18 Å². The molecule has 1 unspecified atom stereocenters. The first kappa shape index (κ1) is 15.3. The third kappa shape index (κ3) is 4.76. The highest BCUT2D eigenvalue weighted by molar-refractivity contribution is 6.30. The fourth-order valence-electron chi connectivity index (χ4n) is 1.88. The number of carbonyl (C=O) groups is 1. The standard InChI is InChI=1S/C16H16ClFN2O/c1-11(12-2-6-14(18)7-3-12)20-16(21)10-19-15-8-4-13(17)5-9-15/h2-9,11,19H,10H2,1H3,(H,20,21). The van der Waals surface area contributed by atoms with Crippen molar-refractivity contribution in [3.8, 4) is 0 Å². The zero-order chi connectivity index (χ0) is 15.2. The maximum Gasteiger partial charge on any atom is 0.239 e. The number of amides is 1. The van der Waals surface area contributed by atoms with Gasteiger partial charge in [0.15, 0.2) is 0 Å². The van der Waals surface area contributed by atoms with Crippen LogP contribution in [-0.4, -0.2) is 12.5 Å². The topological polar surface area (TPSA) is 41.1 Å². The van der Waals surface area contributed by atoms with Crippen LogP contribution in [0.15, 0.2) is 48.5 Å². The van der Waals surface area contributed by atoms with Crippen molar-refractivity contribution in [3.63, 3.8) is 0 Å². The SMILES string of the molecule is CC(NC(=O)CNc1ccc(Cl)cc1)c1ccc(F)cc1. The highest BCUT2D eigenvalue weighted by Gasteiger charge is 2.09. The molecule has 0 fully saturated rings. The van der Waals surface area contributed by atoms with Crippen LogP contribution in [0.1, 0.15) is 18.5 Å². The summed E-state index contributed by atoms with van der Waals surface area (Å²) in [7, 11) is 0. The Morgan fingerprint density at radius 1 is 1.14 bits per heavy atom. The summed E-state index contributed by atoms with van der Waals surface area (Å²) < 4.78 is 12.8. The Morgan fingerprint density at radius 2 is 1.76 bits per heavy atom. The predicted molar refractivity (Wildman–Crippen MR) is 82.9 cm³/mol. The lowest BCUT2D eigenvalue weighted by molar-refractivity contribution is -0.120. The minimum atomic E-state index is -0.290. The molecule has 0 spiro atoms. The lowest BCUT2D eigenvalue weighted by Gasteiger charge is -2.15. The second-order valence-electron chi connectivity index (χ2n) is 4.70. The molecule has 2 aromatic rings. The summed E-state index contributed by atoms with van der Waals surface area (Å²) >= 11 is 5.79. The maximum atomic E-state index is 12.8. The lowest BCUT2D eigenvalue weighted by Crippen LogP contribution is -2.32. The van der Waals surface area contributed by atoms with Crippen molar-refractivity contribution in [2.24, 2.45) is 0 Å². The fourth-order valence-corrected chi connectivity index (χ4v) is 2.00. The minimum absolute atomic E-state index is 0.137. The molecule has 0 bridgehead atoms. The molecule has 1 atom stereocenters. The van der Waals surface area contributed by atoms with Gasteiger partial charge in [0.25, 0.3) is 0 Å². The zero-order valence-electron chi connectivity index (χ0n) is 11.6. The fraction of sp³-hybridized carbons (Fsp3) is 0.188. The summed E-state index contributed by atoms with van der Waals surface area (Å²) in [4.78, 5) is 11.9. The van der Waals surface area contributed by atoms with E-state index >= 15 is 0 Å². The van der Waals surface area contributed by atoms with Crippen LogP contribution in [0.2, 0.25) is 5.02 Å². The predicted octanol–water partition coefficient (Wildman–Crippen LogP) is 3.77. The van der Waals surface area contributed by atoms with Crippen LogP contribution in [-0.2, 0) is 4.79 Å². The van der Waals surface area contributed by atoms with Crippen LogP contribution in [0.5, 0.6) is 0 Å². The Balaban J connectivity index is 1.83. The number of hydrogen-bond donors (Lipinski definition) is 2. The molecule has 0 saturated heterocycles. The molecule has 0 aliphatic heterocycles. The van der Waals surface area contributed by atoms with E-state index in [9.17, 15) is 9.18 Å². The summed E-state index contributed by atoms with van der Waals surface area (Å²) in [5, 5.41) is 6.50. The molecule has 1 amide bonds. The summed E-state index contributed by atoms with van der Waals surface area (Å²) in [6.45, 7) is 2.01. The molecule has 110 valence electrons. The smallest absolute Gasteiger partial charge is 0.239 e. The number of benzene rings is 2. The average molecular weight is 307 g/mol. The normalized spacial score (nSPS) is 11.8. The van der Waals surface area contributed by atoms with Crippen LogP contribution < -0.4 is 10.6 Å². The van der Waals surface area contributed by atoms with Gasteiger partial charge in [-0.3, -0.25) is 4.79 Å². The number of nitrogens with one attached hydrogen (secondary N) is 2. The van der Waals surface area contributed by atoms with E-state index < -0.39 is 0 Å². The molecule has 5 heteroatoms. The van der Waals surface area contributed by atoms with E-state index in [0.717, 1.165) is 11.3 Å². The van der Waals surface area contributed by atoms with Gasteiger partial charge >= 0.3 is 0 Å². The Labute approximate surface area is 128 Å². The number of carbonyl (C=O) groups excluding carboxylic acids is 1. The van der Waals surface area contributed by atoms with E-state index in [1.807, 2.05) is 6.92 Å². The summed E-state index contributed by atoms with van der Waals surface area (Å²) in [6.07, 6.45) is 0. The van der Waals surface area contributed by atoms with Gasteiger partial charge in [0.05, 0.1) is 12.6 Å². The molecule has 0 aliphatic carbocycles. The van der Waals surface area contributed by atoms with Gasteiger partial charge < -0.3 is 10.6 Å². The largest absolute Gasteiger partial charge is 0.376 e. The highest BCUT2D eigenvalue weighted by Crippen LogP contribution is 2.14. The van der Waals surface area contributed by atoms with E-state index in [1.54, 1.807) is 36.4 Å². The van der Waals surface area contributed by atoms with Gasteiger partial charge in [-0.25, -0.2) is 4.39 Å². The number of anilines is 1. The van der Waals surface area contributed by atoms with Crippen molar-refractivity contribution in [2.45, 2.75) is 13.0 Å². The lowest BCUT2D eigenvalue weighted by atomic mass is 10.1. The monoisotopic (exact) mass is 306 g/mol. The Bertz CT molecular complexity index is 599. The zero-order valence-corrected chi connectivity index (χ0v) is 12.3. The molecule has 2 aromatic carbocycles. The molecule has 0 aromatic heterocycles. The van der Waals surface area contributed by atoms with Crippen LogP contribution in [0.4, 0.5) is 10.1 Å². The van der Waals surface area contributed by atoms with E-state index in [-0.39, 0.29) is 24.3 Å². The quantitative estimate of drug-likeness (QED) is 0.883.